The Balaban J connectivity index is 2.07. The van der Waals surface area contributed by atoms with Gasteiger partial charge in [-0.05, 0) is 45.4 Å². The first-order chi connectivity index (χ1) is 9.53. The lowest BCUT2D eigenvalue weighted by atomic mass is 9.78. The Morgan fingerprint density at radius 3 is 2.75 bits per heavy atom. The van der Waals surface area contributed by atoms with Gasteiger partial charge in [0.2, 0.25) is 11.8 Å². The van der Waals surface area contributed by atoms with Gasteiger partial charge in [-0.1, -0.05) is 6.92 Å². The van der Waals surface area contributed by atoms with Crippen molar-refractivity contribution in [1.29, 1.82) is 0 Å². The Labute approximate surface area is 126 Å². The van der Waals surface area contributed by atoms with Crippen molar-refractivity contribution in [3.63, 3.8) is 0 Å². The van der Waals surface area contributed by atoms with Crippen LogP contribution in [-0.2, 0) is 0 Å². The number of anilines is 1. The van der Waals surface area contributed by atoms with Crippen LogP contribution in [0.15, 0.2) is 12.3 Å². The van der Waals surface area contributed by atoms with Gasteiger partial charge < -0.3 is 10.1 Å². The maximum absolute atomic E-state index is 6.21. The maximum atomic E-state index is 6.21. The van der Waals surface area contributed by atoms with Gasteiger partial charge in [0.05, 0.1) is 11.6 Å². The summed E-state index contributed by atoms with van der Waals surface area (Å²) in [6.07, 6.45) is 6.35. The second kappa shape index (κ2) is 6.61. The van der Waals surface area contributed by atoms with Crippen molar-refractivity contribution < 1.29 is 4.74 Å². The van der Waals surface area contributed by atoms with Crippen LogP contribution in [0.5, 0.6) is 5.88 Å². The van der Waals surface area contributed by atoms with Crippen molar-refractivity contribution in [2.24, 2.45) is 5.92 Å². The molecule has 0 spiro atoms. The summed E-state index contributed by atoms with van der Waals surface area (Å²) in [4.78, 5) is 8.71. The van der Waals surface area contributed by atoms with E-state index in [-0.39, 0.29) is 11.6 Å². The first-order valence-electron chi connectivity index (χ1n) is 7.37. The van der Waals surface area contributed by atoms with E-state index >= 15 is 0 Å². The topological polar surface area (TPSA) is 47.0 Å². The van der Waals surface area contributed by atoms with E-state index in [1.54, 1.807) is 12.3 Å². The largest absolute Gasteiger partial charge is 0.475 e. The molecule has 1 aliphatic rings. The fourth-order valence-electron chi connectivity index (χ4n) is 2.55. The van der Waals surface area contributed by atoms with Gasteiger partial charge >= 0.3 is 0 Å². The minimum atomic E-state index is -0.0788. The summed E-state index contributed by atoms with van der Waals surface area (Å²) < 4.78 is 5.60. The van der Waals surface area contributed by atoms with Crippen LogP contribution in [0.2, 0.25) is 0 Å². The second-order valence-corrected chi connectivity index (χ2v) is 6.37. The second-order valence-electron chi connectivity index (χ2n) is 6.11. The van der Waals surface area contributed by atoms with Gasteiger partial charge in [-0.2, -0.15) is 4.98 Å². The van der Waals surface area contributed by atoms with E-state index in [2.05, 4.69) is 22.2 Å². The Hall–Kier alpha value is -1.03. The molecule has 1 aliphatic carbocycles. The molecule has 1 aromatic heterocycles. The minimum Gasteiger partial charge on any atom is -0.475 e. The predicted molar refractivity (Wildman–Crippen MR) is 82.5 cm³/mol. The highest BCUT2D eigenvalue weighted by molar-refractivity contribution is 6.18. The van der Waals surface area contributed by atoms with Crippen LogP contribution >= 0.6 is 11.6 Å². The number of rotatable bonds is 5. The van der Waals surface area contributed by atoms with Crippen LogP contribution in [-0.4, -0.2) is 27.5 Å². The monoisotopic (exact) mass is 297 g/mol. The third-order valence-electron chi connectivity index (χ3n) is 3.85. The molecule has 1 heterocycles. The lowest BCUT2D eigenvalue weighted by Gasteiger charge is -2.38. The number of halogens is 1. The molecule has 5 heteroatoms. The zero-order valence-corrected chi connectivity index (χ0v) is 13.3. The smallest absolute Gasteiger partial charge is 0.226 e. The third-order valence-corrected chi connectivity index (χ3v) is 4.36. The minimum absolute atomic E-state index is 0.0788. The zero-order valence-electron chi connectivity index (χ0n) is 12.5. The van der Waals surface area contributed by atoms with E-state index in [0.717, 1.165) is 18.8 Å². The lowest BCUT2D eigenvalue weighted by molar-refractivity contribution is 0.232. The molecule has 0 saturated heterocycles. The molecule has 0 atom stereocenters. The molecule has 0 radical (unpaired) electrons. The van der Waals surface area contributed by atoms with E-state index in [4.69, 9.17) is 16.3 Å². The number of hydrogen-bond acceptors (Lipinski definition) is 4. The fourth-order valence-corrected chi connectivity index (χ4v) is 2.89. The number of aromatic nitrogens is 2. The van der Waals surface area contributed by atoms with E-state index in [9.17, 15) is 0 Å². The van der Waals surface area contributed by atoms with Crippen molar-refractivity contribution in [2.75, 3.05) is 11.2 Å². The van der Waals surface area contributed by atoms with Gasteiger partial charge in [-0.25, -0.2) is 4.98 Å². The highest BCUT2D eigenvalue weighted by atomic mass is 35.5. The number of hydrogen-bond donors (Lipinski definition) is 1. The molecule has 2 rings (SSSR count). The summed E-state index contributed by atoms with van der Waals surface area (Å²) in [5.74, 6) is 2.58. The molecule has 0 amide bonds. The summed E-state index contributed by atoms with van der Waals surface area (Å²) in [5.41, 5.74) is -0.0788. The van der Waals surface area contributed by atoms with Gasteiger partial charge in [0.25, 0.3) is 0 Å². The Kier molecular flexibility index (Phi) is 5.08. The third kappa shape index (κ3) is 3.98. The number of nitrogens with zero attached hydrogens (tertiary/aromatic N) is 2. The first kappa shape index (κ1) is 15.4. The summed E-state index contributed by atoms with van der Waals surface area (Å²) >= 11 is 6.21. The van der Waals surface area contributed by atoms with Gasteiger partial charge in [0.1, 0.15) is 0 Å². The normalized spacial score (nSPS) is 26.6. The predicted octanol–water partition coefficient (Wildman–Crippen LogP) is 3.86. The van der Waals surface area contributed by atoms with Crippen LogP contribution in [0.3, 0.4) is 0 Å². The summed E-state index contributed by atoms with van der Waals surface area (Å²) in [5, 5.41) is 3.44. The molecule has 1 N–H and O–H groups in total. The van der Waals surface area contributed by atoms with Crippen LogP contribution < -0.4 is 10.1 Å². The highest BCUT2D eigenvalue weighted by Gasteiger charge is 2.34. The molecule has 20 heavy (non-hydrogen) atoms. The highest BCUT2D eigenvalue weighted by Crippen LogP contribution is 2.35. The van der Waals surface area contributed by atoms with E-state index < -0.39 is 0 Å². The standard InChI is InChI=1S/C15H24ClN3O/c1-11(2)20-13-6-9-17-14(18-13)19-15(10-16)7-4-12(3)5-8-15/h6,9,11-12H,4-5,7-8,10H2,1-3H3,(H,17,18,19). The molecular formula is C15H24ClN3O. The van der Waals surface area contributed by atoms with Gasteiger partial charge in [-0.15, -0.1) is 11.6 Å². The Morgan fingerprint density at radius 2 is 2.15 bits per heavy atom. The lowest BCUT2D eigenvalue weighted by Crippen LogP contribution is -2.44. The molecule has 1 fully saturated rings. The Bertz CT molecular complexity index is 431. The first-order valence-corrected chi connectivity index (χ1v) is 7.90. The van der Waals surface area contributed by atoms with Crippen molar-refractivity contribution in [2.45, 2.75) is 58.1 Å². The maximum Gasteiger partial charge on any atom is 0.226 e. The van der Waals surface area contributed by atoms with Crippen LogP contribution in [0.25, 0.3) is 0 Å². The summed E-state index contributed by atoms with van der Waals surface area (Å²) in [6.45, 7) is 6.27. The molecule has 1 aromatic rings. The molecule has 1 saturated carbocycles. The van der Waals surface area contributed by atoms with Crippen LogP contribution in [0.4, 0.5) is 5.95 Å². The van der Waals surface area contributed by atoms with Crippen LogP contribution in [0.1, 0.15) is 46.5 Å². The number of alkyl halides is 1. The molecule has 0 aliphatic heterocycles. The van der Waals surface area contributed by atoms with Gasteiger partial charge in [0.15, 0.2) is 0 Å². The molecule has 0 unspecified atom stereocenters. The van der Waals surface area contributed by atoms with E-state index in [1.165, 1.54) is 12.8 Å². The summed E-state index contributed by atoms with van der Waals surface area (Å²) in [6, 6.07) is 1.78. The quantitative estimate of drug-likeness (QED) is 0.838. The average Bonchev–Trinajstić information content (AvgIpc) is 2.41. The molecule has 0 aromatic carbocycles. The Morgan fingerprint density at radius 1 is 1.45 bits per heavy atom. The van der Waals surface area contributed by atoms with Crippen molar-refractivity contribution >= 4 is 17.5 Å². The number of ether oxygens (including phenoxy) is 1. The van der Waals surface area contributed by atoms with E-state index in [1.807, 2.05) is 13.8 Å². The fraction of sp³-hybridized carbons (Fsp3) is 0.733. The number of nitrogens with one attached hydrogen (secondary N) is 1. The van der Waals surface area contributed by atoms with Crippen molar-refractivity contribution in [3.8, 4) is 5.88 Å². The summed E-state index contributed by atoms with van der Waals surface area (Å²) in [7, 11) is 0. The molecular weight excluding hydrogens is 274 g/mol. The SMILES string of the molecule is CC1CCC(CCl)(Nc2nccc(OC(C)C)n2)CC1. The molecule has 0 bridgehead atoms. The average molecular weight is 298 g/mol. The van der Waals surface area contributed by atoms with E-state index in [0.29, 0.717) is 17.7 Å². The van der Waals surface area contributed by atoms with Gasteiger partial charge in [-0.3, -0.25) is 0 Å². The molecule has 112 valence electrons. The molecule has 4 nitrogen and oxygen atoms in total. The zero-order chi connectivity index (χ0) is 14.6. The van der Waals surface area contributed by atoms with Gasteiger partial charge in [0, 0.05) is 18.1 Å². The van der Waals surface area contributed by atoms with Crippen molar-refractivity contribution in [3.05, 3.63) is 12.3 Å². The van der Waals surface area contributed by atoms with Crippen LogP contribution in [0, 0.1) is 5.92 Å². The van der Waals surface area contributed by atoms with Crippen molar-refractivity contribution in [1.82, 2.24) is 9.97 Å².